The average Bonchev–Trinajstić information content (AvgIpc) is 3.26. The SMILES string of the molecule is O[C@H]1CCCN(c2cc(Cl)ncc2-c2cnn(C3CCOC3)c2)C1. The number of anilines is 1. The van der Waals surface area contributed by atoms with Crippen LogP contribution in [0.15, 0.2) is 24.7 Å². The maximum atomic E-state index is 10.00. The lowest BCUT2D eigenvalue weighted by Gasteiger charge is -2.33. The van der Waals surface area contributed by atoms with Crippen LogP contribution >= 0.6 is 11.6 Å². The molecule has 2 fully saturated rings. The monoisotopic (exact) mass is 348 g/mol. The molecule has 2 aromatic heterocycles. The van der Waals surface area contributed by atoms with Gasteiger partial charge in [0.1, 0.15) is 5.15 Å². The number of halogens is 1. The smallest absolute Gasteiger partial charge is 0.131 e. The van der Waals surface area contributed by atoms with Crippen LogP contribution in [0.5, 0.6) is 0 Å². The summed E-state index contributed by atoms with van der Waals surface area (Å²) in [4.78, 5) is 6.44. The van der Waals surface area contributed by atoms with Crippen molar-refractivity contribution in [3.63, 3.8) is 0 Å². The van der Waals surface area contributed by atoms with E-state index in [1.807, 2.05) is 23.1 Å². The molecule has 0 radical (unpaired) electrons. The van der Waals surface area contributed by atoms with Gasteiger partial charge in [0, 0.05) is 48.9 Å². The van der Waals surface area contributed by atoms with E-state index in [9.17, 15) is 5.11 Å². The summed E-state index contributed by atoms with van der Waals surface area (Å²) in [6, 6.07) is 2.18. The van der Waals surface area contributed by atoms with Crippen molar-refractivity contribution < 1.29 is 9.84 Å². The number of pyridine rings is 1. The van der Waals surface area contributed by atoms with Crippen LogP contribution in [0.3, 0.4) is 0 Å². The topological polar surface area (TPSA) is 63.4 Å². The highest BCUT2D eigenvalue weighted by molar-refractivity contribution is 6.29. The van der Waals surface area contributed by atoms with E-state index in [-0.39, 0.29) is 6.10 Å². The molecule has 6 nitrogen and oxygen atoms in total. The molecule has 0 aliphatic carbocycles. The van der Waals surface area contributed by atoms with E-state index in [1.54, 1.807) is 6.20 Å². The Morgan fingerprint density at radius 1 is 1.29 bits per heavy atom. The predicted molar refractivity (Wildman–Crippen MR) is 92.4 cm³/mol. The first-order valence-corrected chi connectivity index (χ1v) is 8.79. The summed E-state index contributed by atoms with van der Waals surface area (Å²) < 4.78 is 7.42. The highest BCUT2D eigenvalue weighted by Crippen LogP contribution is 2.34. The molecular weight excluding hydrogens is 328 g/mol. The number of piperidine rings is 1. The largest absolute Gasteiger partial charge is 0.391 e. The molecule has 4 rings (SSSR count). The molecule has 0 amide bonds. The van der Waals surface area contributed by atoms with Crippen LogP contribution in [0.2, 0.25) is 5.15 Å². The third-order valence-corrected chi connectivity index (χ3v) is 4.98. The molecule has 2 aliphatic heterocycles. The summed E-state index contributed by atoms with van der Waals surface area (Å²) in [5, 5.41) is 15.0. The molecule has 0 bridgehead atoms. The first-order valence-electron chi connectivity index (χ1n) is 8.41. The van der Waals surface area contributed by atoms with Crippen molar-refractivity contribution in [2.24, 2.45) is 0 Å². The van der Waals surface area contributed by atoms with Gasteiger partial charge >= 0.3 is 0 Å². The Hall–Kier alpha value is -1.63. The van der Waals surface area contributed by atoms with Crippen LogP contribution in [0.1, 0.15) is 25.3 Å². The zero-order valence-corrected chi connectivity index (χ0v) is 14.2. The Labute approximate surface area is 146 Å². The van der Waals surface area contributed by atoms with Crippen molar-refractivity contribution >= 4 is 17.3 Å². The predicted octanol–water partition coefficient (Wildman–Crippen LogP) is 2.52. The molecule has 1 N–H and O–H groups in total. The standard InChI is InChI=1S/C17H21ClN4O2/c18-17-6-16(21-4-1-2-14(23)10-21)15(8-19-17)12-7-20-22(9-12)13-3-5-24-11-13/h6-9,13-14,23H,1-5,10-11H2/t13?,14-/m0/s1. The van der Waals surface area contributed by atoms with Crippen LogP contribution in [0.4, 0.5) is 5.69 Å². The van der Waals surface area contributed by atoms with Gasteiger partial charge in [-0.05, 0) is 25.3 Å². The summed E-state index contributed by atoms with van der Waals surface area (Å²) in [7, 11) is 0. The number of β-amino-alcohol motifs (C(OH)–C–C–N with tert-alkyl or cyclic N) is 1. The number of hydrogen-bond acceptors (Lipinski definition) is 5. The van der Waals surface area contributed by atoms with Crippen molar-refractivity contribution in [2.45, 2.75) is 31.4 Å². The Morgan fingerprint density at radius 2 is 2.21 bits per heavy atom. The molecule has 0 saturated carbocycles. The lowest BCUT2D eigenvalue weighted by atomic mass is 10.0. The molecule has 2 aromatic rings. The van der Waals surface area contributed by atoms with Crippen molar-refractivity contribution in [3.05, 3.63) is 29.8 Å². The fourth-order valence-electron chi connectivity index (χ4n) is 3.49. The molecule has 2 aliphatic rings. The van der Waals surface area contributed by atoms with Gasteiger partial charge in [0.25, 0.3) is 0 Å². The Kier molecular flexibility index (Phi) is 4.43. The summed E-state index contributed by atoms with van der Waals surface area (Å²) in [5.74, 6) is 0. The molecule has 7 heteroatoms. The first-order chi connectivity index (χ1) is 11.7. The fraction of sp³-hybridized carbons (Fsp3) is 0.529. The molecular formula is C17H21ClN4O2. The summed E-state index contributed by atoms with van der Waals surface area (Å²) >= 11 is 6.13. The van der Waals surface area contributed by atoms with Gasteiger partial charge in [-0.15, -0.1) is 0 Å². The minimum atomic E-state index is -0.295. The second kappa shape index (κ2) is 6.70. The zero-order valence-electron chi connectivity index (χ0n) is 13.4. The lowest BCUT2D eigenvalue weighted by molar-refractivity contribution is 0.154. The lowest BCUT2D eigenvalue weighted by Crippen LogP contribution is -2.38. The Balaban J connectivity index is 1.67. The molecule has 4 heterocycles. The number of aliphatic hydroxyl groups is 1. The van der Waals surface area contributed by atoms with Gasteiger partial charge in [0.2, 0.25) is 0 Å². The summed E-state index contributed by atoms with van der Waals surface area (Å²) in [6.07, 6.45) is 8.23. The number of ether oxygens (including phenoxy) is 1. The van der Waals surface area contributed by atoms with Crippen LogP contribution in [0.25, 0.3) is 11.1 Å². The number of hydrogen-bond donors (Lipinski definition) is 1. The van der Waals surface area contributed by atoms with Crippen LogP contribution in [-0.4, -0.2) is 52.3 Å². The Morgan fingerprint density at radius 3 is 3.00 bits per heavy atom. The second-order valence-corrected chi connectivity index (χ2v) is 6.88. The van der Waals surface area contributed by atoms with Gasteiger partial charge in [-0.1, -0.05) is 11.6 Å². The number of rotatable bonds is 3. The second-order valence-electron chi connectivity index (χ2n) is 6.49. The molecule has 0 aromatic carbocycles. The van der Waals surface area contributed by atoms with E-state index in [1.165, 1.54) is 0 Å². The van der Waals surface area contributed by atoms with Crippen molar-refractivity contribution in [1.29, 1.82) is 0 Å². The summed E-state index contributed by atoms with van der Waals surface area (Å²) in [5.41, 5.74) is 3.02. The van der Waals surface area contributed by atoms with Gasteiger partial charge in [0.05, 0.1) is 24.9 Å². The van der Waals surface area contributed by atoms with E-state index in [2.05, 4.69) is 15.0 Å². The fourth-order valence-corrected chi connectivity index (χ4v) is 3.64. The molecule has 1 unspecified atom stereocenters. The molecule has 0 spiro atoms. The van der Waals surface area contributed by atoms with Gasteiger partial charge in [-0.3, -0.25) is 4.68 Å². The van der Waals surface area contributed by atoms with Gasteiger partial charge < -0.3 is 14.7 Å². The number of aliphatic hydroxyl groups excluding tert-OH is 1. The van der Waals surface area contributed by atoms with Crippen LogP contribution < -0.4 is 4.90 Å². The van der Waals surface area contributed by atoms with Crippen molar-refractivity contribution in [3.8, 4) is 11.1 Å². The van der Waals surface area contributed by atoms with E-state index < -0.39 is 0 Å². The number of aromatic nitrogens is 3. The van der Waals surface area contributed by atoms with Gasteiger partial charge in [0.15, 0.2) is 0 Å². The third-order valence-electron chi connectivity index (χ3n) is 4.78. The van der Waals surface area contributed by atoms with Crippen molar-refractivity contribution in [2.75, 3.05) is 31.2 Å². The van der Waals surface area contributed by atoms with E-state index in [0.717, 1.165) is 49.2 Å². The quantitative estimate of drug-likeness (QED) is 0.863. The van der Waals surface area contributed by atoms with Gasteiger partial charge in [-0.2, -0.15) is 5.10 Å². The van der Waals surface area contributed by atoms with E-state index in [0.29, 0.717) is 24.3 Å². The normalized spacial score (nSPS) is 24.5. The maximum absolute atomic E-state index is 10.00. The zero-order chi connectivity index (χ0) is 16.5. The maximum Gasteiger partial charge on any atom is 0.131 e. The highest BCUT2D eigenvalue weighted by atomic mass is 35.5. The van der Waals surface area contributed by atoms with Crippen LogP contribution in [-0.2, 0) is 4.74 Å². The molecule has 2 saturated heterocycles. The summed E-state index contributed by atoms with van der Waals surface area (Å²) in [6.45, 7) is 3.04. The van der Waals surface area contributed by atoms with Crippen molar-refractivity contribution in [1.82, 2.24) is 14.8 Å². The van der Waals surface area contributed by atoms with Crippen LogP contribution in [0, 0.1) is 0 Å². The molecule has 24 heavy (non-hydrogen) atoms. The molecule has 2 atom stereocenters. The highest BCUT2D eigenvalue weighted by Gasteiger charge is 2.23. The minimum Gasteiger partial charge on any atom is -0.391 e. The Bertz CT molecular complexity index is 714. The average molecular weight is 349 g/mol. The third kappa shape index (κ3) is 3.14. The van der Waals surface area contributed by atoms with E-state index in [4.69, 9.17) is 16.3 Å². The minimum absolute atomic E-state index is 0.295. The molecule has 128 valence electrons. The first kappa shape index (κ1) is 15.9. The van der Waals surface area contributed by atoms with E-state index >= 15 is 0 Å². The van der Waals surface area contributed by atoms with Gasteiger partial charge in [-0.25, -0.2) is 4.98 Å². The number of nitrogens with zero attached hydrogens (tertiary/aromatic N) is 4.